The van der Waals surface area contributed by atoms with E-state index in [1.807, 2.05) is 4.57 Å². The van der Waals surface area contributed by atoms with Gasteiger partial charge in [0.25, 0.3) is 0 Å². The van der Waals surface area contributed by atoms with Crippen molar-refractivity contribution >= 4 is 11.0 Å². The van der Waals surface area contributed by atoms with Crippen molar-refractivity contribution in [2.75, 3.05) is 6.61 Å². The Kier molecular flexibility index (Phi) is 4.47. The SMILES string of the molecule is CCCCc1nc2cc(F)c(F)cc2n1CCCO. The van der Waals surface area contributed by atoms with E-state index in [2.05, 4.69) is 11.9 Å². The average Bonchev–Trinajstić information content (AvgIpc) is 2.71. The number of fused-ring (bicyclic) bond motifs is 1. The van der Waals surface area contributed by atoms with Gasteiger partial charge in [-0.1, -0.05) is 13.3 Å². The highest BCUT2D eigenvalue weighted by molar-refractivity contribution is 5.76. The van der Waals surface area contributed by atoms with Crippen LogP contribution in [0.2, 0.25) is 0 Å². The van der Waals surface area contributed by atoms with Gasteiger partial charge in [0.1, 0.15) is 5.82 Å². The number of benzene rings is 1. The highest BCUT2D eigenvalue weighted by atomic mass is 19.2. The van der Waals surface area contributed by atoms with Gasteiger partial charge in [0.2, 0.25) is 0 Å². The van der Waals surface area contributed by atoms with E-state index in [1.165, 1.54) is 6.07 Å². The second-order valence-corrected chi connectivity index (χ2v) is 4.62. The molecule has 19 heavy (non-hydrogen) atoms. The summed E-state index contributed by atoms with van der Waals surface area (Å²) in [6.45, 7) is 2.72. The maximum atomic E-state index is 13.3. The number of imidazole rings is 1. The first-order chi connectivity index (χ1) is 9.17. The number of unbranched alkanes of at least 4 members (excludes halogenated alkanes) is 1. The van der Waals surface area contributed by atoms with E-state index >= 15 is 0 Å². The second kappa shape index (κ2) is 6.10. The van der Waals surface area contributed by atoms with Crippen molar-refractivity contribution in [2.45, 2.75) is 39.2 Å². The van der Waals surface area contributed by atoms with E-state index < -0.39 is 11.6 Å². The number of hydrogen-bond donors (Lipinski definition) is 1. The Balaban J connectivity index is 2.46. The lowest BCUT2D eigenvalue weighted by Gasteiger charge is -2.08. The fourth-order valence-electron chi connectivity index (χ4n) is 2.17. The van der Waals surface area contributed by atoms with E-state index in [4.69, 9.17) is 5.11 Å². The molecule has 1 N–H and O–H groups in total. The first-order valence-corrected chi connectivity index (χ1v) is 6.62. The number of aromatic nitrogens is 2. The molecule has 0 saturated carbocycles. The number of aliphatic hydroxyl groups excluding tert-OH is 1. The molecule has 3 nitrogen and oxygen atoms in total. The van der Waals surface area contributed by atoms with Crippen LogP contribution in [0.5, 0.6) is 0 Å². The lowest BCUT2D eigenvalue weighted by Crippen LogP contribution is -2.05. The number of aryl methyl sites for hydroxylation is 2. The van der Waals surface area contributed by atoms with Crippen molar-refractivity contribution in [1.29, 1.82) is 0 Å². The van der Waals surface area contributed by atoms with Gasteiger partial charge in [0, 0.05) is 31.7 Å². The molecule has 0 amide bonds. The summed E-state index contributed by atoms with van der Waals surface area (Å²) in [5, 5.41) is 8.94. The zero-order valence-electron chi connectivity index (χ0n) is 11.0. The molecule has 1 aromatic carbocycles. The van der Waals surface area contributed by atoms with Gasteiger partial charge in [-0.15, -0.1) is 0 Å². The zero-order chi connectivity index (χ0) is 13.8. The van der Waals surface area contributed by atoms with Crippen LogP contribution in [0, 0.1) is 11.6 Å². The molecule has 0 aliphatic heterocycles. The normalized spacial score (nSPS) is 11.4. The first kappa shape index (κ1) is 13.9. The van der Waals surface area contributed by atoms with Gasteiger partial charge in [-0.05, 0) is 12.8 Å². The third-order valence-corrected chi connectivity index (χ3v) is 3.16. The number of aliphatic hydroxyl groups is 1. The Morgan fingerprint density at radius 2 is 1.95 bits per heavy atom. The molecule has 0 unspecified atom stereocenters. The molecule has 0 saturated heterocycles. The van der Waals surface area contributed by atoms with Crippen molar-refractivity contribution in [3.05, 3.63) is 29.6 Å². The Hall–Kier alpha value is -1.49. The Bertz CT molecular complexity index is 566. The van der Waals surface area contributed by atoms with Gasteiger partial charge < -0.3 is 9.67 Å². The molecule has 0 fully saturated rings. The summed E-state index contributed by atoms with van der Waals surface area (Å²) >= 11 is 0. The summed E-state index contributed by atoms with van der Waals surface area (Å²) < 4.78 is 28.5. The summed E-state index contributed by atoms with van der Waals surface area (Å²) in [4.78, 5) is 4.38. The average molecular weight is 268 g/mol. The van der Waals surface area contributed by atoms with Gasteiger partial charge in [-0.2, -0.15) is 0 Å². The van der Waals surface area contributed by atoms with E-state index in [9.17, 15) is 8.78 Å². The minimum absolute atomic E-state index is 0.0660. The predicted molar refractivity (Wildman–Crippen MR) is 70.0 cm³/mol. The second-order valence-electron chi connectivity index (χ2n) is 4.62. The Labute approximate surface area is 110 Å². The van der Waals surface area contributed by atoms with Gasteiger partial charge >= 0.3 is 0 Å². The van der Waals surface area contributed by atoms with Crippen LogP contribution in [0.15, 0.2) is 12.1 Å². The third-order valence-electron chi connectivity index (χ3n) is 3.16. The van der Waals surface area contributed by atoms with Crippen LogP contribution in [-0.2, 0) is 13.0 Å². The van der Waals surface area contributed by atoms with Gasteiger partial charge in [0.05, 0.1) is 11.0 Å². The van der Waals surface area contributed by atoms with Crippen LogP contribution in [0.4, 0.5) is 8.78 Å². The quantitative estimate of drug-likeness (QED) is 0.874. The smallest absolute Gasteiger partial charge is 0.161 e. The van der Waals surface area contributed by atoms with Crippen molar-refractivity contribution in [2.24, 2.45) is 0 Å². The molecule has 5 heteroatoms. The van der Waals surface area contributed by atoms with Crippen molar-refractivity contribution < 1.29 is 13.9 Å². The topological polar surface area (TPSA) is 38.0 Å². The number of rotatable bonds is 6. The maximum absolute atomic E-state index is 13.3. The molecule has 0 atom stereocenters. The van der Waals surface area contributed by atoms with Crippen LogP contribution in [0.25, 0.3) is 11.0 Å². The zero-order valence-corrected chi connectivity index (χ0v) is 11.0. The molecule has 2 rings (SSSR count). The molecule has 0 bridgehead atoms. The van der Waals surface area contributed by atoms with E-state index in [0.717, 1.165) is 31.2 Å². The lowest BCUT2D eigenvalue weighted by atomic mass is 10.2. The third kappa shape index (κ3) is 2.92. The van der Waals surface area contributed by atoms with Crippen molar-refractivity contribution in [3.63, 3.8) is 0 Å². The summed E-state index contributed by atoms with van der Waals surface area (Å²) in [5.74, 6) is -0.906. The molecule has 0 aliphatic carbocycles. The van der Waals surface area contributed by atoms with Gasteiger partial charge in [-0.25, -0.2) is 13.8 Å². The summed E-state index contributed by atoms with van der Waals surface area (Å²) in [7, 11) is 0. The Morgan fingerprint density at radius 3 is 2.63 bits per heavy atom. The minimum Gasteiger partial charge on any atom is -0.396 e. The number of nitrogens with zero attached hydrogens (tertiary/aromatic N) is 2. The highest BCUT2D eigenvalue weighted by Gasteiger charge is 2.13. The van der Waals surface area contributed by atoms with Gasteiger partial charge in [-0.3, -0.25) is 0 Å². The standard InChI is InChI=1S/C14H18F2N2O/c1-2-3-5-14-17-12-8-10(15)11(16)9-13(12)18(14)6-4-7-19/h8-9,19H,2-7H2,1H3. The highest BCUT2D eigenvalue weighted by Crippen LogP contribution is 2.21. The van der Waals surface area contributed by atoms with E-state index in [1.54, 1.807) is 0 Å². The molecule has 1 aromatic heterocycles. The van der Waals surface area contributed by atoms with Crippen LogP contribution in [0.3, 0.4) is 0 Å². The molecular weight excluding hydrogens is 250 g/mol. The number of hydrogen-bond acceptors (Lipinski definition) is 2. The van der Waals surface area contributed by atoms with Crippen LogP contribution in [0.1, 0.15) is 32.0 Å². The molecule has 0 radical (unpaired) electrons. The molecule has 104 valence electrons. The first-order valence-electron chi connectivity index (χ1n) is 6.62. The van der Waals surface area contributed by atoms with Crippen LogP contribution in [-0.4, -0.2) is 21.3 Å². The van der Waals surface area contributed by atoms with E-state index in [0.29, 0.717) is 24.0 Å². The molecule has 0 aliphatic rings. The monoisotopic (exact) mass is 268 g/mol. The summed E-state index contributed by atoms with van der Waals surface area (Å²) in [5.41, 5.74) is 1.07. The predicted octanol–water partition coefficient (Wildman–Crippen LogP) is 3.04. The van der Waals surface area contributed by atoms with Gasteiger partial charge in [0.15, 0.2) is 11.6 Å². The molecule has 2 aromatic rings. The maximum Gasteiger partial charge on any atom is 0.161 e. The van der Waals surface area contributed by atoms with Crippen LogP contribution >= 0.6 is 0 Å². The molecule has 0 spiro atoms. The Morgan fingerprint density at radius 1 is 1.21 bits per heavy atom. The minimum atomic E-state index is -0.874. The fourth-order valence-corrected chi connectivity index (χ4v) is 2.17. The summed E-state index contributed by atoms with van der Waals surface area (Å²) in [6.07, 6.45) is 3.36. The fraction of sp³-hybridized carbons (Fsp3) is 0.500. The van der Waals surface area contributed by atoms with Crippen LogP contribution < -0.4 is 0 Å². The lowest BCUT2D eigenvalue weighted by molar-refractivity contribution is 0.279. The van der Waals surface area contributed by atoms with Crippen molar-refractivity contribution in [3.8, 4) is 0 Å². The largest absolute Gasteiger partial charge is 0.396 e. The molecule has 1 heterocycles. The van der Waals surface area contributed by atoms with E-state index in [-0.39, 0.29) is 6.61 Å². The molecular formula is C14H18F2N2O. The number of halogens is 2. The summed E-state index contributed by atoms with van der Waals surface area (Å²) in [6, 6.07) is 2.32. The van der Waals surface area contributed by atoms with Crippen molar-refractivity contribution in [1.82, 2.24) is 9.55 Å².